The summed E-state index contributed by atoms with van der Waals surface area (Å²) in [6.07, 6.45) is 1.29. The van der Waals surface area contributed by atoms with Crippen LogP contribution in [0.1, 0.15) is 5.56 Å². The van der Waals surface area contributed by atoms with E-state index in [1.165, 1.54) is 6.08 Å². The minimum Gasteiger partial charge on any atom is -0.497 e. The van der Waals surface area contributed by atoms with Crippen molar-refractivity contribution in [3.8, 4) is 5.75 Å². The summed E-state index contributed by atoms with van der Waals surface area (Å²) in [5.41, 5.74) is 1.05. The van der Waals surface area contributed by atoms with Gasteiger partial charge in [0.2, 0.25) is 0 Å². The van der Waals surface area contributed by atoms with Crippen LogP contribution in [0.3, 0.4) is 0 Å². The number of imide groups is 1. The Morgan fingerprint density at radius 3 is 2.56 bits per heavy atom. The van der Waals surface area contributed by atoms with Crippen molar-refractivity contribution >= 4 is 17.4 Å². The predicted octanol–water partition coefficient (Wildman–Crippen LogP) is 0.897. The average Bonchev–Trinajstić information content (AvgIpc) is 2.58. The third-order valence-electron chi connectivity index (χ3n) is 2.14. The molecule has 0 fully saturated rings. The van der Waals surface area contributed by atoms with Crippen LogP contribution in [0.2, 0.25) is 0 Å². The zero-order valence-corrected chi connectivity index (χ0v) is 8.82. The van der Waals surface area contributed by atoms with E-state index in [4.69, 9.17) is 4.74 Å². The van der Waals surface area contributed by atoms with Gasteiger partial charge in [0.25, 0.3) is 11.8 Å². The van der Waals surface area contributed by atoms with Crippen molar-refractivity contribution in [1.82, 2.24) is 11.5 Å². The summed E-state index contributed by atoms with van der Waals surface area (Å²) in [4.78, 5) is 22.3. The Morgan fingerprint density at radius 1 is 1.25 bits per heavy atom. The quantitative estimate of drug-likeness (QED) is 0.724. The van der Waals surface area contributed by atoms with Crippen LogP contribution < -0.4 is 16.2 Å². The molecule has 0 saturated carbocycles. The van der Waals surface area contributed by atoms with E-state index in [2.05, 4.69) is 5.32 Å². The van der Waals surface area contributed by atoms with E-state index in [-0.39, 0.29) is 18.0 Å². The first kappa shape index (κ1) is 11.9. The number of rotatable bonds is 2. The van der Waals surface area contributed by atoms with Gasteiger partial charge in [0.15, 0.2) is 0 Å². The Bertz CT molecular complexity index is 466. The van der Waals surface area contributed by atoms with Gasteiger partial charge >= 0.3 is 0 Å². The molecule has 16 heavy (non-hydrogen) atoms. The van der Waals surface area contributed by atoms with Gasteiger partial charge < -0.3 is 10.9 Å². The zero-order chi connectivity index (χ0) is 10.8. The number of ether oxygens (including phenoxy) is 1. The van der Waals surface area contributed by atoms with Crippen LogP contribution in [0.5, 0.6) is 5.75 Å². The number of carbonyl (C=O) groups is 2. The van der Waals surface area contributed by atoms with Crippen LogP contribution in [0.25, 0.3) is 5.57 Å². The Kier molecular flexibility index (Phi) is 3.42. The molecule has 0 atom stereocenters. The highest BCUT2D eigenvalue weighted by molar-refractivity contribution is 6.33. The second kappa shape index (κ2) is 4.59. The Balaban J connectivity index is 0.00000128. The predicted molar refractivity (Wildman–Crippen MR) is 59.1 cm³/mol. The van der Waals surface area contributed by atoms with Gasteiger partial charge in [-0.25, -0.2) is 0 Å². The molecule has 0 aromatic heterocycles. The van der Waals surface area contributed by atoms with Crippen molar-refractivity contribution < 1.29 is 14.3 Å². The van der Waals surface area contributed by atoms with Crippen molar-refractivity contribution in [3.63, 3.8) is 0 Å². The minimum atomic E-state index is -0.377. The molecule has 5 nitrogen and oxygen atoms in total. The molecule has 0 bridgehead atoms. The van der Waals surface area contributed by atoms with Gasteiger partial charge in [0.1, 0.15) is 5.75 Å². The van der Waals surface area contributed by atoms with Crippen LogP contribution in [0.15, 0.2) is 30.3 Å². The third-order valence-corrected chi connectivity index (χ3v) is 2.14. The molecule has 4 N–H and O–H groups in total. The Labute approximate surface area is 92.7 Å². The summed E-state index contributed by atoms with van der Waals surface area (Å²) in [5, 5.41) is 2.19. The first-order valence-electron chi connectivity index (χ1n) is 4.42. The molecule has 1 heterocycles. The molecular weight excluding hydrogens is 208 g/mol. The summed E-state index contributed by atoms with van der Waals surface area (Å²) >= 11 is 0. The van der Waals surface area contributed by atoms with Crippen molar-refractivity contribution in [1.29, 1.82) is 0 Å². The third kappa shape index (κ3) is 2.09. The molecule has 1 aliphatic rings. The largest absolute Gasteiger partial charge is 0.497 e. The lowest BCUT2D eigenvalue weighted by Gasteiger charge is -2.03. The first-order valence-corrected chi connectivity index (χ1v) is 4.42. The molecule has 2 amide bonds. The highest BCUT2D eigenvalue weighted by Crippen LogP contribution is 2.22. The van der Waals surface area contributed by atoms with Gasteiger partial charge in [-0.05, 0) is 17.7 Å². The highest BCUT2D eigenvalue weighted by atomic mass is 16.5. The lowest BCUT2D eigenvalue weighted by molar-refractivity contribution is -0.123. The summed E-state index contributed by atoms with van der Waals surface area (Å²) in [6.45, 7) is 0. The van der Waals surface area contributed by atoms with E-state index in [1.54, 1.807) is 31.4 Å². The fourth-order valence-electron chi connectivity index (χ4n) is 1.42. The highest BCUT2D eigenvalue weighted by Gasteiger charge is 2.22. The summed E-state index contributed by atoms with van der Waals surface area (Å²) in [6, 6.07) is 7.01. The van der Waals surface area contributed by atoms with Crippen LogP contribution in [-0.2, 0) is 9.59 Å². The fraction of sp³-hybridized carbons (Fsp3) is 0.0909. The van der Waals surface area contributed by atoms with Crippen molar-refractivity contribution in [2.45, 2.75) is 0 Å². The monoisotopic (exact) mass is 220 g/mol. The SMILES string of the molecule is COc1cccc(C2=CC(=O)NC2=O)c1.N. The average molecular weight is 220 g/mol. The fourth-order valence-corrected chi connectivity index (χ4v) is 1.42. The standard InChI is InChI=1S/C11H9NO3.H3N/c1-15-8-4-2-3-7(5-8)9-6-10(13)12-11(9)14;/h2-6H,1H3,(H,12,13,14);1H3. The van der Waals surface area contributed by atoms with E-state index in [0.717, 1.165) is 0 Å². The number of hydrogen-bond donors (Lipinski definition) is 2. The molecule has 0 unspecified atom stereocenters. The lowest BCUT2D eigenvalue weighted by Crippen LogP contribution is -2.21. The Hall–Kier alpha value is -2.14. The van der Waals surface area contributed by atoms with Crippen LogP contribution in [0.4, 0.5) is 0 Å². The summed E-state index contributed by atoms with van der Waals surface area (Å²) in [5.74, 6) is -0.0911. The number of benzene rings is 1. The smallest absolute Gasteiger partial charge is 0.258 e. The number of nitrogens with one attached hydrogen (secondary N) is 1. The van der Waals surface area contributed by atoms with Crippen LogP contribution in [-0.4, -0.2) is 18.9 Å². The molecule has 84 valence electrons. The minimum absolute atomic E-state index is 0. The number of amides is 2. The molecule has 1 aromatic rings. The van der Waals surface area contributed by atoms with Crippen LogP contribution in [0, 0.1) is 0 Å². The molecule has 2 rings (SSSR count). The van der Waals surface area contributed by atoms with Gasteiger partial charge in [-0.2, -0.15) is 0 Å². The Morgan fingerprint density at radius 2 is 2.00 bits per heavy atom. The van der Waals surface area contributed by atoms with E-state index in [9.17, 15) is 9.59 Å². The van der Waals surface area contributed by atoms with E-state index >= 15 is 0 Å². The van der Waals surface area contributed by atoms with Gasteiger partial charge in [-0.15, -0.1) is 0 Å². The molecular formula is C11H12N2O3. The molecule has 0 saturated heterocycles. The molecule has 0 spiro atoms. The van der Waals surface area contributed by atoms with E-state index in [1.807, 2.05) is 0 Å². The summed E-state index contributed by atoms with van der Waals surface area (Å²) < 4.78 is 5.03. The maximum atomic E-state index is 11.3. The van der Waals surface area contributed by atoms with E-state index < -0.39 is 0 Å². The normalized spacial score (nSPS) is 13.9. The van der Waals surface area contributed by atoms with Gasteiger partial charge in [0, 0.05) is 6.08 Å². The first-order chi connectivity index (χ1) is 7.20. The van der Waals surface area contributed by atoms with E-state index in [0.29, 0.717) is 16.9 Å². The maximum Gasteiger partial charge on any atom is 0.258 e. The molecule has 5 heteroatoms. The van der Waals surface area contributed by atoms with Crippen molar-refractivity contribution in [2.24, 2.45) is 0 Å². The number of carbonyl (C=O) groups excluding carboxylic acids is 2. The molecule has 1 aliphatic heterocycles. The van der Waals surface area contributed by atoms with Crippen LogP contribution >= 0.6 is 0 Å². The maximum absolute atomic E-state index is 11.3. The second-order valence-electron chi connectivity index (χ2n) is 3.11. The zero-order valence-electron chi connectivity index (χ0n) is 8.82. The van der Waals surface area contributed by atoms with Crippen molar-refractivity contribution in [3.05, 3.63) is 35.9 Å². The van der Waals surface area contributed by atoms with Crippen molar-refractivity contribution in [2.75, 3.05) is 7.11 Å². The lowest BCUT2D eigenvalue weighted by atomic mass is 10.1. The summed E-state index contributed by atoms with van der Waals surface area (Å²) in [7, 11) is 1.55. The van der Waals surface area contributed by atoms with Gasteiger partial charge in [-0.1, -0.05) is 12.1 Å². The van der Waals surface area contributed by atoms with Gasteiger partial charge in [0.05, 0.1) is 12.7 Å². The second-order valence-corrected chi connectivity index (χ2v) is 3.11. The topological polar surface area (TPSA) is 90.4 Å². The molecule has 0 radical (unpaired) electrons. The molecule has 1 aromatic carbocycles. The van der Waals surface area contributed by atoms with Gasteiger partial charge in [-0.3, -0.25) is 14.9 Å². The molecule has 0 aliphatic carbocycles. The number of hydrogen-bond acceptors (Lipinski definition) is 4. The number of methoxy groups -OCH3 is 1.